The first-order valence-corrected chi connectivity index (χ1v) is 11.9. The molecule has 2 atom stereocenters. The smallest absolute Gasteiger partial charge is 0.412 e. The fourth-order valence-corrected chi connectivity index (χ4v) is 4.18. The average molecular weight is 575 g/mol. The molecule has 0 radical (unpaired) electrons. The highest BCUT2D eigenvalue weighted by Crippen LogP contribution is 2.34. The van der Waals surface area contributed by atoms with Gasteiger partial charge in [-0.05, 0) is 72.0 Å². The Kier molecular flexibility index (Phi) is 9.29. The number of carbonyl (C=O) groups is 2. The molecule has 3 rings (SSSR count). The van der Waals surface area contributed by atoms with Gasteiger partial charge in [-0.25, -0.2) is 9.59 Å². The molecule has 0 heterocycles. The molecule has 0 fully saturated rings. The molecule has 1 amide bonds. The Morgan fingerprint density at radius 1 is 1.12 bits per heavy atom. The number of benzene rings is 3. The molecule has 0 bridgehead atoms. The first-order chi connectivity index (χ1) is 16.4. The van der Waals surface area contributed by atoms with Crippen molar-refractivity contribution in [2.75, 3.05) is 11.9 Å². The number of phenols is 1. The Labute approximate surface area is 211 Å². The lowest BCUT2D eigenvalue weighted by Gasteiger charge is -2.28. The van der Waals surface area contributed by atoms with Crippen LogP contribution in [0.25, 0.3) is 10.8 Å². The van der Waals surface area contributed by atoms with E-state index in [0.717, 1.165) is 20.4 Å². The van der Waals surface area contributed by atoms with Crippen molar-refractivity contribution in [3.8, 4) is 5.75 Å². The van der Waals surface area contributed by atoms with E-state index in [1.165, 1.54) is 6.08 Å². The van der Waals surface area contributed by atoms with Crippen molar-refractivity contribution in [3.05, 3.63) is 81.9 Å². The summed E-state index contributed by atoms with van der Waals surface area (Å²) in [5.41, 5.74) is 1.02. The van der Waals surface area contributed by atoms with Crippen LogP contribution in [0.2, 0.25) is 0 Å². The predicted octanol–water partition coefficient (Wildman–Crippen LogP) is 6.27. The summed E-state index contributed by atoms with van der Waals surface area (Å²) in [7, 11) is 0. The number of aliphatic carboxylic acids is 1. The van der Waals surface area contributed by atoms with Crippen LogP contribution in [0.15, 0.2) is 72.8 Å². The summed E-state index contributed by atoms with van der Waals surface area (Å²) in [6, 6.07) is 18.3. The highest BCUT2D eigenvalue weighted by molar-refractivity contribution is 14.1. The molecule has 3 aromatic carbocycles. The fraction of sp³-hybridized carbons (Fsp3) is 0.231. The number of rotatable bonds is 10. The average Bonchev–Trinajstić information content (AvgIpc) is 2.81. The number of carboxylic acids is 1. The minimum Gasteiger partial charge on any atom is -0.508 e. The zero-order valence-corrected chi connectivity index (χ0v) is 20.8. The minimum atomic E-state index is -1.04. The molecular weight excluding hydrogens is 549 g/mol. The maximum absolute atomic E-state index is 13.0. The molecule has 178 valence electrons. The molecule has 0 saturated heterocycles. The van der Waals surface area contributed by atoms with Crippen molar-refractivity contribution in [3.63, 3.8) is 0 Å². The fourth-order valence-electron chi connectivity index (χ4n) is 3.66. The van der Waals surface area contributed by atoms with Crippen molar-refractivity contribution >= 4 is 51.1 Å². The normalized spacial score (nSPS) is 13.0. The summed E-state index contributed by atoms with van der Waals surface area (Å²) in [5.74, 6) is -1.06. The van der Waals surface area contributed by atoms with Gasteiger partial charge in [-0.15, -0.1) is 0 Å². The van der Waals surface area contributed by atoms with E-state index < -0.39 is 24.3 Å². The van der Waals surface area contributed by atoms with E-state index in [-0.39, 0.29) is 5.75 Å². The van der Waals surface area contributed by atoms with Gasteiger partial charge in [-0.3, -0.25) is 5.32 Å². The van der Waals surface area contributed by atoms with E-state index in [1.54, 1.807) is 24.3 Å². The van der Waals surface area contributed by atoms with Crippen molar-refractivity contribution < 1.29 is 29.3 Å². The summed E-state index contributed by atoms with van der Waals surface area (Å²) in [4.78, 5) is 23.8. The Balaban J connectivity index is 1.88. The number of ether oxygens (including phenoxy) is 2. The summed E-state index contributed by atoms with van der Waals surface area (Å²) in [6.07, 6.45) is 1.16. The predicted molar refractivity (Wildman–Crippen MR) is 139 cm³/mol. The first kappa shape index (κ1) is 25.5. The number of anilines is 1. The maximum Gasteiger partial charge on any atom is 0.412 e. The van der Waals surface area contributed by atoms with E-state index in [2.05, 4.69) is 27.9 Å². The Bertz CT molecular complexity index is 1170. The Hall–Kier alpha value is -3.11. The van der Waals surface area contributed by atoms with Crippen molar-refractivity contribution in [2.45, 2.75) is 32.0 Å². The number of nitrogens with one attached hydrogen (secondary N) is 1. The van der Waals surface area contributed by atoms with E-state index in [0.29, 0.717) is 30.7 Å². The van der Waals surface area contributed by atoms with Crippen LogP contribution in [-0.4, -0.2) is 35.0 Å². The lowest BCUT2D eigenvalue weighted by Crippen LogP contribution is -2.29. The molecule has 0 spiro atoms. The van der Waals surface area contributed by atoms with Gasteiger partial charge < -0.3 is 19.7 Å². The van der Waals surface area contributed by atoms with Gasteiger partial charge in [0, 0.05) is 27.2 Å². The van der Waals surface area contributed by atoms with E-state index in [4.69, 9.17) is 14.6 Å². The molecular formula is C26H26INO6. The van der Waals surface area contributed by atoms with E-state index >= 15 is 0 Å². The van der Waals surface area contributed by atoms with E-state index in [9.17, 15) is 14.7 Å². The first-order valence-electron chi connectivity index (χ1n) is 10.8. The molecule has 7 nitrogen and oxygen atoms in total. The summed E-state index contributed by atoms with van der Waals surface area (Å²) in [5, 5.41) is 24.0. The second-order valence-electron chi connectivity index (χ2n) is 7.49. The Morgan fingerprint density at radius 3 is 2.65 bits per heavy atom. The third-order valence-corrected chi connectivity index (χ3v) is 5.82. The SMILES string of the molecule is CCO[C@H](CC/C=C/C(=O)O)[C@H](OC(=O)Nc1cccc2ccccc12)c1cc(I)ccc1O. The quantitative estimate of drug-likeness (QED) is 0.195. The lowest BCUT2D eigenvalue weighted by molar-refractivity contribution is -0.131. The van der Waals surface area contributed by atoms with Crippen LogP contribution in [-0.2, 0) is 14.3 Å². The molecule has 34 heavy (non-hydrogen) atoms. The third-order valence-electron chi connectivity index (χ3n) is 5.15. The zero-order chi connectivity index (χ0) is 24.5. The number of allylic oxidation sites excluding steroid dienone is 1. The molecule has 0 unspecified atom stereocenters. The largest absolute Gasteiger partial charge is 0.508 e. The number of fused-ring (bicyclic) bond motifs is 1. The number of phenolic OH excluding ortho intramolecular Hbond substituents is 1. The van der Waals surface area contributed by atoms with Crippen LogP contribution in [0.1, 0.15) is 31.4 Å². The highest BCUT2D eigenvalue weighted by atomic mass is 127. The van der Waals surface area contributed by atoms with Gasteiger partial charge in [0.25, 0.3) is 0 Å². The van der Waals surface area contributed by atoms with E-state index in [1.807, 2.05) is 43.3 Å². The minimum absolute atomic E-state index is 0.0193. The van der Waals surface area contributed by atoms with Crippen LogP contribution in [0, 0.1) is 3.57 Å². The van der Waals surface area contributed by atoms with Crippen LogP contribution < -0.4 is 5.32 Å². The summed E-state index contributed by atoms with van der Waals surface area (Å²) < 4.78 is 12.6. The number of halogens is 1. The number of carboxylic acid groups (broad SMARTS) is 1. The van der Waals surface area contributed by atoms with Gasteiger partial charge in [0.15, 0.2) is 6.10 Å². The van der Waals surface area contributed by atoms with Crippen LogP contribution in [0.5, 0.6) is 5.75 Å². The van der Waals surface area contributed by atoms with Gasteiger partial charge in [0.1, 0.15) is 5.75 Å². The monoisotopic (exact) mass is 575 g/mol. The molecule has 3 N–H and O–H groups in total. The molecule has 0 aliphatic carbocycles. The molecule has 0 saturated carbocycles. The number of amides is 1. The zero-order valence-electron chi connectivity index (χ0n) is 18.6. The van der Waals surface area contributed by atoms with Crippen LogP contribution >= 0.6 is 22.6 Å². The lowest BCUT2D eigenvalue weighted by atomic mass is 9.99. The molecule has 0 aliphatic rings. The summed E-state index contributed by atoms with van der Waals surface area (Å²) >= 11 is 2.12. The summed E-state index contributed by atoms with van der Waals surface area (Å²) in [6.45, 7) is 2.17. The van der Waals surface area contributed by atoms with Crippen LogP contribution in [0.3, 0.4) is 0 Å². The number of aromatic hydroxyl groups is 1. The maximum atomic E-state index is 13.0. The second-order valence-corrected chi connectivity index (χ2v) is 8.74. The van der Waals surface area contributed by atoms with Gasteiger partial charge in [0.05, 0.1) is 11.8 Å². The Morgan fingerprint density at radius 2 is 1.88 bits per heavy atom. The number of hydrogen-bond acceptors (Lipinski definition) is 5. The van der Waals surface area contributed by atoms with Crippen molar-refractivity contribution in [1.82, 2.24) is 0 Å². The third kappa shape index (κ3) is 6.94. The van der Waals surface area contributed by atoms with Gasteiger partial charge in [0.2, 0.25) is 0 Å². The number of hydrogen-bond donors (Lipinski definition) is 3. The van der Waals surface area contributed by atoms with Gasteiger partial charge in [-0.2, -0.15) is 0 Å². The molecule has 3 aromatic rings. The second kappa shape index (κ2) is 12.4. The van der Waals surface area contributed by atoms with Crippen LogP contribution in [0.4, 0.5) is 10.5 Å². The standard InChI is InChI=1S/C26H26INO6/c1-2-33-23(12-5-6-13-24(30)31)25(20-16-18(27)14-15-22(20)29)34-26(32)28-21-11-7-9-17-8-3-4-10-19(17)21/h3-4,6-11,13-16,23,25,29H,2,5,12H2,1H3,(H,28,32)(H,30,31)/b13-6+/t23-,25-/m1/s1. The molecule has 8 heteroatoms. The van der Waals surface area contributed by atoms with Crippen molar-refractivity contribution in [2.24, 2.45) is 0 Å². The number of carbonyl (C=O) groups excluding carboxylic acids is 1. The highest BCUT2D eigenvalue weighted by Gasteiger charge is 2.30. The van der Waals surface area contributed by atoms with Gasteiger partial charge in [-0.1, -0.05) is 42.5 Å². The topological polar surface area (TPSA) is 105 Å². The molecule has 0 aromatic heterocycles. The molecule has 0 aliphatic heterocycles. The van der Waals surface area contributed by atoms with Gasteiger partial charge >= 0.3 is 12.1 Å². The van der Waals surface area contributed by atoms with Crippen molar-refractivity contribution in [1.29, 1.82) is 0 Å².